The van der Waals surface area contributed by atoms with E-state index < -0.39 is 9.84 Å². The zero-order chi connectivity index (χ0) is 15.5. The second kappa shape index (κ2) is 6.09. The van der Waals surface area contributed by atoms with Gasteiger partial charge in [-0.2, -0.15) is 5.10 Å². The van der Waals surface area contributed by atoms with Crippen molar-refractivity contribution in [2.75, 3.05) is 6.26 Å². The van der Waals surface area contributed by atoms with Gasteiger partial charge in [0, 0.05) is 11.8 Å². The summed E-state index contributed by atoms with van der Waals surface area (Å²) >= 11 is 0. The van der Waals surface area contributed by atoms with Crippen molar-refractivity contribution in [3.63, 3.8) is 0 Å². The minimum atomic E-state index is -3.32. The van der Waals surface area contributed by atoms with Gasteiger partial charge in [0.05, 0.1) is 22.8 Å². The van der Waals surface area contributed by atoms with Crippen LogP contribution in [0.4, 0.5) is 0 Å². The van der Waals surface area contributed by atoms with E-state index >= 15 is 0 Å². The van der Waals surface area contributed by atoms with Crippen LogP contribution in [0.1, 0.15) is 28.7 Å². The van der Waals surface area contributed by atoms with Crippen molar-refractivity contribution in [1.29, 1.82) is 0 Å². The molecule has 112 valence electrons. The zero-order valence-electron chi connectivity index (χ0n) is 11.9. The molecule has 7 heteroatoms. The van der Waals surface area contributed by atoms with Crippen LogP contribution >= 0.6 is 0 Å². The van der Waals surface area contributed by atoms with Crippen molar-refractivity contribution in [1.82, 2.24) is 15.5 Å². The number of benzene rings is 1. The summed E-state index contributed by atoms with van der Waals surface area (Å²) in [7, 11) is -3.32. The molecule has 0 spiro atoms. The smallest absolute Gasteiger partial charge is 0.251 e. The summed E-state index contributed by atoms with van der Waals surface area (Å²) in [6.07, 6.45) is 1.93. The van der Waals surface area contributed by atoms with Crippen molar-refractivity contribution in [2.24, 2.45) is 0 Å². The van der Waals surface area contributed by atoms with Gasteiger partial charge in [-0.05, 0) is 30.7 Å². The second-order valence-corrected chi connectivity index (χ2v) is 6.74. The molecule has 0 bridgehead atoms. The number of aryl methyl sites for hydroxylation is 1. The number of aromatic amines is 1. The largest absolute Gasteiger partial charge is 0.346 e. The van der Waals surface area contributed by atoms with Crippen LogP contribution in [0.2, 0.25) is 0 Å². The second-order valence-electron chi connectivity index (χ2n) is 4.72. The Labute approximate surface area is 123 Å². The highest BCUT2D eigenvalue weighted by Gasteiger charge is 2.11. The zero-order valence-corrected chi connectivity index (χ0v) is 12.7. The number of amides is 1. The predicted molar refractivity (Wildman–Crippen MR) is 78.7 cm³/mol. The van der Waals surface area contributed by atoms with Crippen LogP contribution < -0.4 is 5.32 Å². The normalized spacial score (nSPS) is 11.3. The Morgan fingerprint density at radius 1 is 1.33 bits per heavy atom. The number of rotatable bonds is 5. The molecule has 0 fully saturated rings. The fourth-order valence-electron chi connectivity index (χ4n) is 1.83. The molecular formula is C14H17N3O3S. The van der Waals surface area contributed by atoms with Gasteiger partial charge in [-0.15, -0.1) is 0 Å². The number of H-pyrrole nitrogens is 1. The molecule has 2 aromatic rings. The summed E-state index contributed by atoms with van der Waals surface area (Å²) in [4.78, 5) is 12.2. The SMILES string of the molecule is CCc1cc(CNC(=O)c2cccc(S(C)(=O)=O)c2)[nH]n1. The lowest BCUT2D eigenvalue weighted by molar-refractivity contribution is 0.0950. The lowest BCUT2D eigenvalue weighted by Crippen LogP contribution is -2.23. The molecule has 0 aliphatic heterocycles. The Kier molecular flexibility index (Phi) is 4.42. The quantitative estimate of drug-likeness (QED) is 0.871. The third-order valence-electron chi connectivity index (χ3n) is 3.01. The van der Waals surface area contributed by atoms with Crippen molar-refractivity contribution in [3.8, 4) is 0 Å². The van der Waals surface area contributed by atoms with Crippen LogP contribution in [-0.2, 0) is 22.8 Å². The molecule has 1 aromatic carbocycles. The summed E-state index contributed by atoms with van der Waals surface area (Å²) in [5, 5.41) is 9.64. The fraction of sp³-hybridized carbons (Fsp3) is 0.286. The van der Waals surface area contributed by atoms with Gasteiger partial charge in [0.15, 0.2) is 9.84 Å². The van der Waals surface area contributed by atoms with Crippen molar-refractivity contribution >= 4 is 15.7 Å². The number of aromatic nitrogens is 2. The van der Waals surface area contributed by atoms with E-state index in [0.29, 0.717) is 12.1 Å². The predicted octanol–water partition coefficient (Wildman–Crippen LogP) is 1.31. The number of sulfone groups is 1. The molecule has 0 saturated heterocycles. The molecule has 1 heterocycles. The monoisotopic (exact) mass is 307 g/mol. The molecule has 1 amide bonds. The molecule has 6 nitrogen and oxygen atoms in total. The van der Waals surface area contributed by atoms with Crippen LogP contribution in [-0.4, -0.2) is 30.8 Å². The topological polar surface area (TPSA) is 91.9 Å². The molecule has 0 saturated carbocycles. The minimum Gasteiger partial charge on any atom is -0.346 e. The van der Waals surface area contributed by atoms with E-state index in [1.54, 1.807) is 12.1 Å². The van der Waals surface area contributed by atoms with Crippen LogP contribution in [0.5, 0.6) is 0 Å². The van der Waals surface area contributed by atoms with E-state index in [1.165, 1.54) is 12.1 Å². The van der Waals surface area contributed by atoms with Crippen molar-refractivity contribution in [2.45, 2.75) is 24.8 Å². The number of hydrogen-bond acceptors (Lipinski definition) is 4. The van der Waals surface area contributed by atoms with Gasteiger partial charge in [-0.3, -0.25) is 9.89 Å². The van der Waals surface area contributed by atoms with E-state index in [1.807, 2.05) is 13.0 Å². The van der Waals surface area contributed by atoms with E-state index in [-0.39, 0.29) is 10.8 Å². The number of nitrogens with one attached hydrogen (secondary N) is 2. The van der Waals surface area contributed by atoms with E-state index in [0.717, 1.165) is 24.1 Å². The fourth-order valence-corrected chi connectivity index (χ4v) is 2.49. The summed E-state index contributed by atoms with van der Waals surface area (Å²) in [5.74, 6) is -0.326. The number of carbonyl (C=O) groups excluding carboxylic acids is 1. The summed E-state index contributed by atoms with van der Waals surface area (Å²) in [5.41, 5.74) is 2.05. The Morgan fingerprint density at radius 2 is 2.10 bits per heavy atom. The maximum absolute atomic E-state index is 12.0. The molecule has 0 unspecified atom stereocenters. The maximum atomic E-state index is 12.0. The van der Waals surface area contributed by atoms with Gasteiger partial charge < -0.3 is 5.32 Å². The Bertz CT molecular complexity index is 750. The summed E-state index contributed by atoms with van der Waals surface area (Å²) in [6.45, 7) is 2.31. The summed E-state index contributed by atoms with van der Waals surface area (Å²) < 4.78 is 23.0. The highest BCUT2D eigenvalue weighted by atomic mass is 32.2. The average molecular weight is 307 g/mol. The minimum absolute atomic E-state index is 0.130. The number of carbonyl (C=O) groups is 1. The lowest BCUT2D eigenvalue weighted by atomic mass is 10.2. The van der Waals surface area contributed by atoms with Gasteiger partial charge in [0.25, 0.3) is 5.91 Å². The van der Waals surface area contributed by atoms with Gasteiger partial charge in [-0.25, -0.2) is 8.42 Å². The van der Waals surface area contributed by atoms with Crippen LogP contribution in [0.3, 0.4) is 0 Å². The van der Waals surface area contributed by atoms with E-state index in [9.17, 15) is 13.2 Å². The Morgan fingerprint density at radius 3 is 2.71 bits per heavy atom. The molecule has 21 heavy (non-hydrogen) atoms. The van der Waals surface area contributed by atoms with Gasteiger partial charge in [-0.1, -0.05) is 13.0 Å². The van der Waals surface area contributed by atoms with Crippen molar-refractivity contribution in [3.05, 3.63) is 47.3 Å². The van der Waals surface area contributed by atoms with Gasteiger partial charge in [0.2, 0.25) is 0 Å². The highest BCUT2D eigenvalue weighted by molar-refractivity contribution is 7.90. The van der Waals surface area contributed by atoms with Gasteiger partial charge >= 0.3 is 0 Å². The number of hydrogen-bond donors (Lipinski definition) is 2. The summed E-state index contributed by atoms with van der Waals surface area (Å²) in [6, 6.07) is 7.85. The average Bonchev–Trinajstić information content (AvgIpc) is 2.92. The molecule has 1 aromatic heterocycles. The first-order valence-corrected chi connectivity index (χ1v) is 8.40. The Hall–Kier alpha value is -2.15. The lowest BCUT2D eigenvalue weighted by Gasteiger charge is -2.05. The van der Waals surface area contributed by atoms with Crippen LogP contribution in [0, 0.1) is 0 Å². The molecule has 0 aliphatic carbocycles. The first-order chi connectivity index (χ1) is 9.90. The number of nitrogens with zero attached hydrogens (tertiary/aromatic N) is 1. The maximum Gasteiger partial charge on any atom is 0.251 e. The molecule has 0 aliphatic rings. The molecule has 0 atom stereocenters. The molecule has 2 rings (SSSR count). The third kappa shape index (κ3) is 3.91. The van der Waals surface area contributed by atoms with Crippen molar-refractivity contribution < 1.29 is 13.2 Å². The van der Waals surface area contributed by atoms with Crippen LogP contribution in [0.15, 0.2) is 35.2 Å². The highest BCUT2D eigenvalue weighted by Crippen LogP contribution is 2.11. The molecular weight excluding hydrogens is 290 g/mol. The van der Waals surface area contributed by atoms with Gasteiger partial charge in [0.1, 0.15) is 0 Å². The van der Waals surface area contributed by atoms with E-state index in [2.05, 4.69) is 15.5 Å². The van der Waals surface area contributed by atoms with E-state index in [4.69, 9.17) is 0 Å². The standard InChI is InChI=1S/C14H17N3O3S/c1-3-11-8-12(17-16-11)9-15-14(18)10-5-4-6-13(7-10)21(2,19)20/h4-8H,3,9H2,1-2H3,(H,15,18)(H,16,17). The molecule has 2 N–H and O–H groups in total. The van der Waals surface area contributed by atoms with Crippen LogP contribution in [0.25, 0.3) is 0 Å². The first kappa shape index (κ1) is 15.2. The molecule has 0 radical (unpaired) electrons. The Balaban J connectivity index is 2.07. The first-order valence-electron chi connectivity index (χ1n) is 6.51. The third-order valence-corrected chi connectivity index (χ3v) is 4.12.